The van der Waals surface area contributed by atoms with Crippen molar-refractivity contribution in [3.8, 4) is 23.0 Å². The van der Waals surface area contributed by atoms with Crippen molar-refractivity contribution >= 4 is 16.7 Å². The summed E-state index contributed by atoms with van der Waals surface area (Å²) in [5.74, 6) is 1.03. The largest absolute Gasteiger partial charge is 0.424 e. The predicted octanol–water partition coefficient (Wildman–Crippen LogP) is 3.70. The van der Waals surface area contributed by atoms with Crippen LogP contribution in [0.4, 0.5) is 5.82 Å². The molecule has 0 saturated heterocycles. The smallest absolute Gasteiger partial charge is 0.324 e. The molecule has 0 unspecified atom stereocenters. The Morgan fingerprint density at radius 1 is 1.00 bits per heavy atom. The Hall–Kier alpha value is -3.41. The van der Waals surface area contributed by atoms with Gasteiger partial charge in [-0.2, -0.15) is 15.1 Å². The van der Waals surface area contributed by atoms with Gasteiger partial charge in [0, 0.05) is 11.3 Å². The molecule has 6 heteroatoms. The number of nitrogens with one attached hydrogen (secondary N) is 1. The molecule has 0 atom stereocenters. The maximum atomic E-state index is 6.19. The first-order chi connectivity index (χ1) is 11.7. The molecule has 4 aromatic rings. The summed E-state index contributed by atoms with van der Waals surface area (Å²) in [7, 11) is 0. The van der Waals surface area contributed by atoms with Crippen LogP contribution in [0.2, 0.25) is 0 Å². The quantitative estimate of drug-likeness (QED) is 0.601. The van der Waals surface area contributed by atoms with Crippen LogP contribution in [0, 0.1) is 6.92 Å². The average molecular weight is 317 g/mol. The van der Waals surface area contributed by atoms with Gasteiger partial charge in [-0.25, -0.2) is 0 Å². The number of fused-ring (bicyclic) bond motifs is 1. The lowest BCUT2D eigenvalue weighted by Crippen LogP contribution is -1.99. The lowest BCUT2D eigenvalue weighted by Gasteiger charge is -2.09. The van der Waals surface area contributed by atoms with Crippen LogP contribution in [0.25, 0.3) is 22.2 Å². The Balaban J connectivity index is 1.82. The van der Waals surface area contributed by atoms with Crippen LogP contribution < -0.4 is 10.5 Å². The molecular weight excluding hydrogens is 302 g/mol. The average Bonchev–Trinajstić information content (AvgIpc) is 3.01. The number of H-pyrrole nitrogens is 1. The van der Waals surface area contributed by atoms with Crippen molar-refractivity contribution in [3.63, 3.8) is 0 Å². The third-order valence-corrected chi connectivity index (χ3v) is 3.67. The van der Waals surface area contributed by atoms with Crippen LogP contribution in [-0.2, 0) is 0 Å². The first-order valence-electron chi connectivity index (χ1n) is 7.52. The Morgan fingerprint density at radius 2 is 1.83 bits per heavy atom. The second-order valence-electron chi connectivity index (χ2n) is 5.44. The monoisotopic (exact) mass is 317 g/mol. The summed E-state index contributed by atoms with van der Waals surface area (Å²) >= 11 is 0. The number of aromatic nitrogens is 4. The van der Waals surface area contributed by atoms with E-state index in [0.717, 1.165) is 22.3 Å². The van der Waals surface area contributed by atoms with E-state index in [1.54, 1.807) is 0 Å². The summed E-state index contributed by atoms with van der Waals surface area (Å²) in [5.41, 5.74) is 9.58. The number of nitrogens with two attached hydrogens (primary N) is 1. The number of rotatable bonds is 3. The van der Waals surface area contributed by atoms with Crippen molar-refractivity contribution in [3.05, 3.63) is 60.3 Å². The third kappa shape index (κ3) is 2.54. The minimum atomic E-state index is 0.224. The summed E-state index contributed by atoms with van der Waals surface area (Å²) in [6, 6.07) is 17.3. The molecule has 2 aromatic carbocycles. The Morgan fingerprint density at radius 3 is 2.58 bits per heavy atom. The van der Waals surface area contributed by atoms with Gasteiger partial charge in [-0.05, 0) is 31.2 Å². The van der Waals surface area contributed by atoms with Crippen molar-refractivity contribution < 1.29 is 4.74 Å². The maximum Gasteiger partial charge on any atom is 0.324 e. The van der Waals surface area contributed by atoms with Gasteiger partial charge in [-0.1, -0.05) is 30.3 Å². The van der Waals surface area contributed by atoms with Gasteiger partial charge in [0.1, 0.15) is 11.6 Å². The van der Waals surface area contributed by atoms with Gasteiger partial charge < -0.3 is 10.5 Å². The summed E-state index contributed by atoms with van der Waals surface area (Å²) in [5, 5.41) is 8.01. The van der Waals surface area contributed by atoms with E-state index >= 15 is 0 Å². The van der Waals surface area contributed by atoms with E-state index in [0.29, 0.717) is 17.1 Å². The van der Waals surface area contributed by atoms with Crippen molar-refractivity contribution in [2.24, 2.45) is 0 Å². The van der Waals surface area contributed by atoms with Gasteiger partial charge in [0.2, 0.25) is 0 Å². The fourth-order valence-corrected chi connectivity index (χ4v) is 2.60. The van der Waals surface area contributed by atoms with Gasteiger partial charge in [-0.3, -0.25) is 5.10 Å². The van der Waals surface area contributed by atoms with Crippen molar-refractivity contribution in [2.45, 2.75) is 6.92 Å². The standard InChI is InChI=1S/C18H15N5O/c1-11-10-15(23-22-11)13-8-5-9-14-16(13)17(19)21-18(20-14)24-12-6-3-2-4-7-12/h2-10H,1H3,(H,22,23)(H2,19,20,21). The molecule has 2 aromatic heterocycles. The molecule has 0 radical (unpaired) electrons. The molecule has 0 aliphatic carbocycles. The zero-order chi connectivity index (χ0) is 16.5. The molecule has 3 N–H and O–H groups in total. The molecule has 6 nitrogen and oxygen atoms in total. The molecule has 24 heavy (non-hydrogen) atoms. The number of hydrogen-bond acceptors (Lipinski definition) is 5. The number of aryl methyl sites for hydroxylation is 1. The Labute approximate surface area is 138 Å². The van der Waals surface area contributed by atoms with Crippen LogP contribution >= 0.6 is 0 Å². The van der Waals surface area contributed by atoms with E-state index in [1.807, 2.05) is 61.5 Å². The van der Waals surface area contributed by atoms with Crippen LogP contribution in [0.5, 0.6) is 11.8 Å². The number of anilines is 1. The first-order valence-corrected chi connectivity index (χ1v) is 7.52. The van der Waals surface area contributed by atoms with E-state index < -0.39 is 0 Å². The Kier molecular flexibility index (Phi) is 3.35. The van der Waals surface area contributed by atoms with E-state index in [9.17, 15) is 0 Å². The zero-order valence-electron chi connectivity index (χ0n) is 13.0. The predicted molar refractivity (Wildman–Crippen MR) is 92.8 cm³/mol. The number of ether oxygens (including phenoxy) is 1. The number of para-hydroxylation sites is 1. The van der Waals surface area contributed by atoms with Gasteiger partial charge in [0.15, 0.2) is 0 Å². The first kappa shape index (κ1) is 14.2. The second kappa shape index (κ2) is 5.66. The minimum Gasteiger partial charge on any atom is -0.424 e. The van der Waals surface area contributed by atoms with E-state index in [-0.39, 0.29) is 6.01 Å². The molecule has 0 fully saturated rings. The normalized spacial score (nSPS) is 10.9. The molecule has 0 spiro atoms. The summed E-state index contributed by atoms with van der Waals surface area (Å²) in [4.78, 5) is 8.77. The molecule has 0 aliphatic rings. The molecular formula is C18H15N5O. The third-order valence-electron chi connectivity index (χ3n) is 3.67. The highest BCUT2D eigenvalue weighted by molar-refractivity contribution is 6.00. The molecule has 4 rings (SSSR count). The lowest BCUT2D eigenvalue weighted by molar-refractivity contribution is 0.445. The molecule has 0 aliphatic heterocycles. The SMILES string of the molecule is Cc1cc(-c2cccc3nc(Oc4ccccc4)nc(N)c23)n[nH]1. The number of aromatic amines is 1. The van der Waals surface area contributed by atoms with Gasteiger partial charge >= 0.3 is 6.01 Å². The van der Waals surface area contributed by atoms with Crippen LogP contribution in [0.3, 0.4) is 0 Å². The lowest BCUT2D eigenvalue weighted by atomic mass is 10.1. The second-order valence-corrected chi connectivity index (χ2v) is 5.44. The van der Waals surface area contributed by atoms with Crippen molar-refractivity contribution in [1.82, 2.24) is 20.2 Å². The van der Waals surface area contributed by atoms with Gasteiger partial charge in [0.05, 0.1) is 16.6 Å². The fourth-order valence-electron chi connectivity index (χ4n) is 2.60. The molecule has 118 valence electrons. The van der Waals surface area contributed by atoms with E-state index in [1.165, 1.54) is 0 Å². The number of hydrogen-bond donors (Lipinski definition) is 2. The summed E-state index contributed by atoms with van der Waals surface area (Å²) in [6.07, 6.45) is 0. The highest BCUT2D eigenvalue weighted by Crippen LogP contribution is 2.32. The molecule has 0 bridgehead atoms. The highest BCUT2D eigenvalue weighted by atomic mass is 16.5. The summed E-state index contributed by atoms with van der Waals surface area (Å²) in [6.45, 7) is 1.95. The van der Waals surface area contributed by atoms with Gasteiger partial charge in [0.25, 0.3) is 0 Å². The number of nitrogens with zero attached hydrogens (tertiary/aromatic N) is 3. The van der Waals surface area contributed by atoms with E-state index in [2.05, 4.69) is 20.2 Å². The number of nitrogen functional groups attached to an aromatic ring is 1. The number of benzene rings is 2. The van der Waals surface area contributed by atoms with Crippen molar-refractivity contribution in [2.75, 3.05) is 5.73 Å². The van der Waals surface area contributed by atoms with Gasteiger partial charge in [-0.15, -0.1) is 0 Å². The molecule has 0 amide bonds. The zero-order valence-corrected chi connectivity index (χ0v) is 13.0. The van der Waals surface area contributed by atoms with Crippen LogP contribution in [-0.4, -0.2) is 20.2 Å². The summed E-state index contributed by atoms with van der Waals surface area (Å²) < 4.78 is 5.69. The van der Waals surface area contributed by atoms with Crippen LogP contribution in [0.15, 0.2) is 54.6 Å². The minimum absolute atomic E-state index is 0.224. The highest BCUT2D eigenvalue weighted by Gasteiger charge is 2.13. The molecule has 0 saturated carbocycles. The molecule has 2 heterocycles. The topological polar surface area (TPSA) is 89.7 Å². The van der Waals surface area contributed by atoms with Crippen molar-refractivity contribution in [1.29, 1.82) is 0 Å². The maximum absolute atomic E-state index is 6.19. The Bertz CT molecular complexity index is 1010. The fraction of sp³-hybridized carbons (Fsp3) is 0.0556. The van der Waals surface area contributed by atoms with Crippen LogP contribution in [0.1, 0.15) is 5.69 Å². The van der Waals surface area contributed by atoms with E-state index in [4.69, 9.17) is 10.5 Å².